The summed E-state index contributed by atoms with van der Waals surface area (Å²) < 4.78 is 34.9. The lowest BCUT2D eigenvalue weighted by atomic mass is 10.2. The third-order valence-corrected chi connectivity index (χ3v) is 8.88. The average Bonchev–Trinajstić information content (AvgIpc) is 3.24. The van der Waals surface area contributed by atoms with Crippen LogP contribution in [0.1, 0.15) is 56.8 Å². The number of nitro benzene ring substituents is 1. The van der Waals surface area contributed by atoms with Crippen molar-refractivity contribution >= 4 is 49.1 Å². The first-order valence-corrected chi connectivity index (χ1v) is 15.0. The molecule has 2 aromatic carbocycles. The summed E-state index contributed by atoms with van der Waals surface area (Å²) in [5.41, 5.74) is 0.522. The standard InChI is InChI=1S/C26H32N4O7S2/c1-4-7-15-28(16-8-5-2)39(35,36)21-12-9-19(10-13-21)25(32)27-26-29(18-24(31)37-6-3)22-14-11-20(30(33)34)17-23(22)38-26/h9-14,17H,4-8,15-16,18H2,1-3H3. The Morgan fingerprint density at radius 1 is 1.05 bits per heavy atom. The summed E-state index contributed by atoms with van der Waals surface area (Å²) in [6.07, 6.45) is 3.24. The number of carbonyl (C=O) groups excluding carboxylic acids is 2. The van der Waals surface area contributed by atoms with Crippen molar-refractivity contribution in [1.29, 1.82) is 0 Å². The molecule has 0 aliphatic carbocycles. The van der Waals surface area contributed by atoms with E-state index in [-0.39, 0.29) is 34.1 Å². The van der Waals surface area contributed by atoms with Crippen LogP contribution in [0.15, 0.2) is 52.4 Å². The van der Waals surface area contributed by atoms with Crippen LogP contribution in [0.3, 0.4) is 0 Å². The van der Waals surface area contributed by atoms with Crippen molar-refractivity contribution < 1.29 is 27.7 Å². The Kier molecular flexibility index (Phi) is 10.5. The van der Waals surface area contributed by atoms with Crippen molar-refractivity contribution in [3.8, 4) is 0 Å². The molecule has 1 heterocycles. The lowest BCUT2D eigenvalue weighted by Crippen LogP contribution is -2.33. The zero-order chi connectivity index (χ0) is 28.6. The van der Waals surface area contributed by atoms with Gasteiger partial charge >= 0.3 is 5.97 Å². The molecular formula is C26H32N4O7S2. The van der Waals surface area contributed by atoms with Gasteiger partial charge in [0, 0.05) is 30.8 Å². The SMILES string of the molecule is CCCCN(CCCC)S(=O)(=O)c1ccc(C(=O)N=c2sc3cc([N+](=O)[O-])ccc3n2CC(=O)OCC)cc1. The Bertz CT molecular complexity index is 1500. The van der Waals surface area contributed by atoms with Crippen molar-refractivity contribution in [3.63, 3.8) is 0 Å². The van der Waals surface area contributed by atoms with Crippen LogP contribution >= 0.6 is 11.3 Å². The molecule has 0 saturated carbocycles. The number of esters is 1. The number of fused-ring (bicyclic) bond motifs is 1. The highest BCUT2D eigenvalue weighted by Gasteiger charge is 2.24. The van der Waals surface area contributed by atoms with Crippen molar-refractivity contribution in [2.24, 2.45) is 4.99 Å². The molecule has 3 rings (SSSR count). The molecule has 0 radical (unpaired) electrons. The fourth-order valence-electron chi connectivity index (χ4n) is 3.84. The van der Waals surface area contributed by atoms with E-state index >= 15 is 0 Å². The first-order valence-electron chi connectivity index (χ1n) is 12.7. The second-order valence-electron chi connectivity index (χ2n) is 8.74. The highest BCUT2D eigenvalue weighted by molar-refractivity contribution is 7.89. The van der Waals surface area contributed by atoms with Crippen LogP contribution in [-0.2, 0) is 26.1 Å². The summed E-state index contributed by atoms with van der Waals surface area (Å²) >= 11 is 1.03. The van der Waals surface area contributed by atoms with Crippen LogP contribution in [0.25, 0.3) is 10.2 Å². The van der Waals surface area contributed by atoms with Gasteiger partial charge < -0.3 is 9.30 Å². The van der Waals surface area contributed by atoms with E-state index < -0.39 is 26.8 Å². The summed E-state index contributed by atoms with van der Waals surface area (Å²) in [7, 11) is -3.72. The normalized spacial score (nSPS) is 12.3. The zero-order valence-electron chi connectivity index (χ0n) is 22.2. The average molecular weight is 577 g/mol. The zero-order valence-corrected chi connectivity index (χ0v) is 23.8. The molecule has 0 atom stereocenters. The summed E-state index contributed by atoms with van der Waals surface area (Å²) in [6, 6.07) is 9.76. The van der Waals surface area contributed by atoms with Gasteiger partial charge in [-0.15, -0.1) is 0 Å². The molecule has 0 fully saturated rings. The molecule has 39 heavy (non-hydrogen) atoms. The van der Waals surface area contributed by atoms with E-state index in [9.17, 15) is 28.1 Å². The number of rotatable bonds is 13. The third kappa shape index (κ3) is 7.37. The van der Waals surface area contributed by atoms with Crippen LogP contribution in [0, 0.1) is 10.1 Å². The molecule has 0 saturated heterocycles. The predicted octanol–water partition coefficient (Wildman–Crippen LogP) is 4.51. The molecule has 3 aromatic rings. The van der Waals surface area contributed by atoms with E-state index in [1.165, 1.54) is 51.3 Å². The molecule has 0 unspecified atom stereocenters. The molecule has 0 N–H and O–H groups in total. The Hall–Kier alpha value is -3.42. The maximum absolute atomic E-state index is 13.2. The summed E-state index contributed by atoms with van der Waals surface area (Å²) in [4.78, 5) is 40.4. The molecule has 0 spiro atoms. The van der Waals surface area contributed by atoms with Crippen LogP contribution in [0.4, 0.5) is 5.69 Å². The molecule has 1 aromatic heterocycles. The van der Waals surface area contributed by atoms with Crippen LogP contribution in [0.2, 0.25) is 0 Å². The number of non-ortho nitro benzene ring substituents is 1. The topological polar surface area (TPSA) is 141 Å². The number of ether oxygens (including phenoxy) is 1. The minimum Gasteiger partial charge on any atom is -0.465 e. The van der Waals surface area contributed by atoms with Crippen LogP contribution in [0.5, 0.6) is 0 Å². The third-order valence-electron chi connectivity index (χ3n) is 5.93. The van der Waals surface area contributed by atoms with E-state index in [0.29, 0.717) is 23.3 Å². The minimum absolute atomic E-state index is 0.0952. The van der Waals surface area contributed by atoms with Gasteiger partial charge in [0.15, 0.2) is 4.80 Å². The Balaban J connectivity index is 1.97. The second kappa shape index (κ2) is 13.6. The predicted molar refractivity (Wildman–Crippen MR) is 148 cm³/mol. The van der Waals surface area contributed by atoms with Gasteiger partial charge in [0.1, 0.15) is 6.54 Å². The maximum atomic E-state index is 13.2. The number of amides is 1. The highest BCUT2D eigenvalue weighted by atomic mass is 32.2. The first kappa shape index (κ1) is 30.1. The minimum atomic E-state index is -3.72. The molecule has 1 amide bonds. The summed E-state index contributed by atoms with van der Waals surface area (Å²) in [6.45, 7) is 6.47. The van der Waals surface area contributed by atoms with Crippen molar-refractivity contribution in [3.05, 3.63) is 62.9 Å². The molecule has 0 aliphatic heterocycles. The van der Waals surface area contributed by atoms with Crippen molar-refractivity contribution in [2.45, 2.75) is 57.9 Å². The van der Waals surface area contributed by atoms with Gasteiger partial charge in [0.2, 0.25) is 10.0 Å². The number of nitro groups is 1. The van der Waals surface area contributed by atoms with Gasteiger partial charge in [-0.05, 0) is 50.1 Å². The van der Waals surface area contributed by atoms with Crippen LogP contribution < -0.4 is 4.80 Å². The monoisotopic (exact) mass is 576 g/mol. The summed E-state index contributed by atoms with van der Waals surface area (Å²) in [5, 5.41) is 11.2. The van der Waals surface area contributed by atoms with Gasteiger partial charge in [-0.2, -0.15) is 9.30 Å². The number of aromatic nitrogens is 1. The molecule has 210 valence electrons. The maximum Gasteiger partial charge on any atom is 0.326 e. The Morgan fingerprint density at radius 3 is 2.26 bits per heavy atom. The Labute approximate surface area is 230 Å². The second-order valence-corrected chi connectivity index (χ2v) is 11.7. The number of hydrogen-bond donors (Lipinski definition) is 0. The molecule has 13 heteroatoms. The molecule has 0 aliphatic rings. The lowest BCUT2D eigenvalue weighted by molar-refractivity contribution is -0.384. The van der Waals surface area contributed by atoms with Crippen molar-refractivity contribution in [2.75, 3.05) is 19.7 Å². The molecular weight excluding hydrogens is 544 g/mol. The fourth-order valence-corrected chi connectivity index (χ4v) is 6.42. The number of benzene rings is 2. The first-order chi connectivity index (χ1) is 18.6. The number of sulfonamides is 1. The van der Waals surface area contributed by atoms with Gasteiger partial charge in [-0.3, -0.25) is 19.7 Å². The van der Waals surface area contributed by atoms with Crippen LogP contribution in [-0.4, -0.2) is 53.8 Å². The number of unbranched alkanes of at least 4 members (excludes halogenated alkanes) is 2. The van der Waals surface area contributed by atoms with E-state index in [0.717, 1.165) is 37.0 Å². The number of nitrogens with zero attached hydrogens (tertiary/aromatic N) is 4. The van der Waals surface area contributed by atoms with E-state index in [1.807, 2.05) is 13.8 Å². The number of hydrogen-bond acceptors (Lipinski definition) is 8. The van der Waals surface area contributed by atoms with E-state index in [1.54, 1.807) is 6.92 Å². The summed E-state index contributed by atoms with van der Waals surface area (Å²) in [5.74, 6) is -1.19. The van der Waals surface area contributed by atoms with Gasteiger partial charge in [0.05, 0.1) is 26.6 Å². The fraction of sp³-hybridized carbons (Fsp3) is 0.423. The lowest BCUT2D eigenvalue weighted by Gasteiger charge is -2.22. The largest absolute Gasteiger partial charge is 0.465 e. The number of carbonyl (C=O) groups is 2. The van der Waals surface area contributed by atoms with Gasteiger partial charge in [-0.25, -0.2) is 8.42 Å². The smallest absolute Gasteiger partial charge is 0.326 e. The Morgan fingerprint density at radius 2 is 1.69 bits per heavy atom. The quantitative estimate of drug-likeness (QED) is 0.166. The molecule has 11 nitrogen and oxygen atoms in total. The molecule has 0 bridgehead atoms. The van der Waals surface area contributed by atoms with Gasteiger partial charge in [-0.1, -0.05) is 38.0 Å². The van der Waals surface area contributed by atoms with Crippen molar-refractivity contribution in [1.82, 2.24) is 8.87 Å². The van der Waals surface area contributed by atoms with E-state index in [2.05, 4.69) is 4.99 Å². The highest BCUT2D eigenvalue weighted by Crippen LogP contribution is 2.24. The van der Waals surface area contributed by atoms with E-state index in [4.69, 9.17) is 4.74 Å². The number of thiazole rings is 1. The van der Waals surface area contributed by atoms with Gasteiger partial charge in [0.25, 0.3) is 11.6 Å².